The second-order valence-corrected chi connectivity index (χ2v) is 8.58. The van der Waals surface area contributed by atoms with Crippen molar-refractivity contribution < 1.29 is 0 Å². The SMILES string of the molecule is Clc1cnc(N2CCC(C3CC3CCNc3ccc(-n4cncn4)nc3)CC2)nc1. The molecule has 1 N–H and O–H groups in total. The standard InChI is InChI=1S/C21H25ClN8/c22-17-10-26-21(27-11-17)29-7-4-15(5-8-29)19-9-16(19)3-6-24-18-1-2-20(25-12-18)30-14-23-13-28-30/h1-2,10-16,19,24H,3-9H2. The van der Waals surface area contributed by atoms with Crippen molar-refractivity contribution in [2.45, 2.75) is 25.7 Å². The molecule has 3 aromatic heterocycles. The lowest BCUT2D eigenvalue weighted by Crippen LogP contribution is -2.35. The number of rotatable bonds is 7. The molecular weight excluding hydrogens is 400 g/mol. The number of aromatic nitrogens is 6. The van der Waals surface area contributed by atoms with Crippen LogP contribution in [0.3, 0.4) is 0 Å². The summed E-state index contributed by atoms with van der Waals surface area (Å²) in [6.07, 6.45) is 13.4. The van der Waals surface area contributed by atoms with Gasteiger partial charge in [0.2, 0.25) is 5.95 Å². The summed E-state index contributed by atoms with van der Waals surface area (Å²) < 4.78 is 1.66. The van der Waals surface area contributed by atoms with E-state index >= 15 is 0 Å². The zero-order valence-electron chi connectivity index (χ0n) is 16.7. The third kappa shape index (κ3) is 4.38. The van der Waals surface area contributed by atoms with Gasteiger partial charge in [0.25, 0.3) is 0 Å². The zero-order chi connectivity index (χ0) is 20.3. The minimum atomic E-state index is 0.588. The monoisotopic (exact) mass is 424 g/mol. The van der Waals surface area contributed by atoms with Gasteiger partial charge in [-0.05, 0) is 55.6 Å². The first-order valence-electron chi connectivity index (χ1n) is 10.5. The molecule has 8 nitrogen and oxygen atoms in total. The van der Waals surface area contributed by atoms with E-state index in [2.05, 4.69) is 35.3 Å². The minimum absolute atomic E-state index is 0.588. The molecule has 3 aromatic rings. The van der Waals surface area contributed by atoms with Crippen LogP contribution in [0.5, 0.6) is 0 Å². The molecule has 0 spiro atoms. The molecule has 156 valence electrons. The summed E-state index contributed by atoms with van der Waals surface area (Å²) in [4.78, 5) is 19.4. The van der Waals surface area contributed by atoms with Gasteiger partial charge in [0.15, 0.2) is 5.82 Å². The van der Waals surface area contributed by atoms with Crippen LogP contribution in [0.1, 0.15) is 25.7 Å². The van der Waals surface area contributed by atoms with E-state index in [4.69, 9.17) is 11.6 Å². The molecular formula is C21H25ClN8. The highest BCUT2D eigenvalue weighted by Crippen LogP contribution is 2.49. The number of hydrogen-bond acceptors (Lipinski definition) is 7. The highest BCUT2D eigenvalue weighted by molar-refractivity contribution is 6.30. The first kappa shape index (κ1) is 19.2. The quantitative estimate of drug-likeness (QED) is 0.621. The van der Waals surface area contributed by atoms with Crippen LogP contribution in [0.2, 0.25) is 5.02 Å². The third-order valence-corrected chi connectivity index (χ3v) is 6.45. The Morgan fingerprint density at radius 2 is 1.90 bits per heavy atom. The van der Waals surface area contributed by atoms with Crippen LogP contribution in [0, 0.1) is 17.8 Å². The van der Waals surface area contributed by atoms with Gasteiger partial charge in [0, 0.05) is 19.6 Å². The molecule has 0 radical (unpaired) electrons. The van der Waals surface area contributed by atoms with Crippen molar-refractivity contribution in [3.05, 3.63) is 48.4 Å². The van der Waals surface area contributed by atoms with Gasteiger partial charge in [0.05, 0.1) is 29.3 Å². The van der Waals surface area contributed by atoms with E-state index in [0.717, 1.165) is 54.8 Å². The molecule has 5 rings (SSSR count). The van der Waals surface area contributed by atoms with Gasteiger partial charge in [-0.1, -0.05) is 11.6 Å². The maximum absolute atomic E-state index is 5.89. The van der Waals surface area contributed by atoms with E-state index in [1.807, 2.05) is 18.3 Å². The van der Waals surface area contributed by atoms with Gasteiger partial charge in [-0.2, -0.15) is 5.10 Å². The van der Waals surface area contributed by atoms with E-state index in [1.54, 1.807) is 23.4 Å². The Hall–Kier alpha value is -2.74. The summed E-state index contributed by atoms with van der Waals surface area (Å²) in [7, 11) is 0. The fourth-order valence-electron chi connectivity index (χ4n) is 4.53. The summed E-state index contributed by atoms with van der Waals surface area (Å²) in [6.45, 7) is 3.07. The van der Waals surface area contributed by atoms with Gasteiger partial charge in [0.1, 0.15) is 12.7 Å². The molecule has 0 aromatic carbocycles. The van der Waals surface area contributed by atoms with Gasteiger partial charge in [-0.25, -0.2) is 24.6 Å². The molecule has 1 aliphatic heterocycles. The van der Waals surface area contributed by atoms with E-state index < -0.39 is 0 Å². The van der Waals surface area contributed by atoms with Crippen molar-refractivity contribution in [2.24, 2.45) is 17.8 Å². The van der Waals surface area contributed by atoms with Gasteiger partial charge < -0.3 is 10.2 Å². The summed E-state index contributed by atoms with van der Waals surface area (Å²) in [5.41, 5.74) is 1.05. The smallest absolute Gasteiger partial charge is 0.225 e. The van der Waals surface area contributed by atoms with Crippen LogP contribution in [0.4, 0.5) is 11.6 Å². The van der Waals surface area contributed by atoms with Crippen LogP contribution in [0.15, 0.2) is 43.4 Å². The van der Waals surface area contributed by atoms with Gasteiger partial charge in [-0.15, -0.1) is 0 Å². The average molecular weight is 425 g/mol. The second-order valence-electron chi connectivity index (χ2n) is 8.15. The summed E-state index contributed by atoms with van der Waals surface area (Å²) >= 11 is 5.89. The lowest BCUT2D eigenvalue weighted by atomic mass is 9.90. The van der Waals surface area contributed by atoms with Crippen molar-refractivity contribution in [3.8, 4) is 5.82 Å². The molecule has 0 bridgehead atoms. The maximum Gasteiger partial charge on any atom is 0.225 e. The molecule has 1 saturated carbocycles. The van der Waals surface area contributed by atoms with Crippen molar-refractivity contribution >= 4 is 23.2 Å². The number of nitrogens with zero attached hydrogens (tertiary/aromatic N) is 7. The predicted octanol–water partition coefficient (Wildman–Crippen LogP) is 3.46. The maximum atomic E-state index is 5.89. The number of nitrogens with one attached hydrogen (secondary N) is 1. The Kier molecular flexibility index (Phi) is 5.48. The Bertz CT molecular complexity index is 936. The molecule has 2 unspecified atom stereocenters. The fourth-order valence-corrected chi connectivity index (χ4v) is 4.63. The number of anilines is 2. The summed E-state index contributed by atoms with van der Waals surface area (Å²) in [6, 6.07) is 4.00. The van der Waals surface area contributed by atoms with Gasteiger partial charge in [-0.3, -0.25) is 0 Å². The number of hydrogen-bond donors (Lipinski definition) is 1. The number of pyridine rings is 1. The Morgan fingerprint density at radius 3 is 2.60 bits per heavy atom. The first-order chi connectivity index (χ1) is 14.8. The lowest BCUT2D eigenvalue weighted by molar-refractivity contribution is 0.343. The highest BCUT2D eigenvalue weighted by Gasteiger charge is 2.43. The van der Waals surface area contributed by atoms with Crippen molar-refractivity contribution in [1.82, 2.24) is 29.7 Å². The van der Waals surface area contributed by atoms with Crippen LogP contribution in [0.25, 0.3) is 5.82 Å². The molecule has 4 heterocycles. The normalized spacial score (nSPS) is 21.6. The Labute approximate surface area is 180 Å². The Morgan fingerprint density at radius 1 is 1.07 bits per heavy atom. The zero-order valence-corrected chi connectivity index (χ0v) is 17.5. The molecule has 2 fully saturated rings. The third-order valence-electron chi connectivity index (χ3n) is 6.26. The lowest BCUT2D eigenvalue weighted by Gasteiger charge is -2.32. The van der Waals surface area contributed by atoms with E-state index in [0.29, 0.717) is 5.02 Å². The molecule has 1 saturated heterocycles. The first-order valence-corrected chi connectivity index (χ1v) is 10.9. The second kappa shape index (κ2) is 8.55. The molecule has 9 heteroatoms. The average Bonchev–Trinajstić information content (AvgIpc) is 3.34. The summed E-state index contributed by atoms with van der Waals surface area (Å²) in [5, 5.41) is 8.18. The molecule has 2 atom stereocenters. The molecule has 30 heavy (non-hydrogen) atoms. The van der Waals surface area contributed by atoms with Crippen molar-refractivity contribution in [1.29, 1.82) is 0 Å². The fraction of sp³-hybridized carbons (Fsp3) is 0.476. The van der Waals surface area contributed by atoms with Crippen molar-refractivity contribution in [3.63, 3.8) is 0 Å². The largest absolute Gasteiger partial charge is 0.384 e. The van der Waals surface area contributed by atoms with E-state index in [9.17, 15) is 0 Å². The van der Waals surface area contributed by atoms with E-state index in [-0.39, 0.29) is 0 Å². The Balaban J connectivity index is 1.03. The predicted molar refractivity (Wildman–Crippen MR) is 116 cm³/mol. The van der Waals surface area contributed by atoms with E-state index in [1.165, 1.54) is 32.0 Å². The molecule has 1 aliphatic carbocycles. The minimum Gasteiger partial charge on any atom is -0.384 e. The number of halogens is 1. The van der Waals surface area contributed by atoms with Crippen molar-refractivity contribution in [2.75, 3.05) is 29.9 Å². The van der Waals surface area contributed by atoms with Crippen LogP contribution in [-0.2, 0) is 0 Å². The molecule has 2 aliphatic rings. The topological polar surface area (TPSA) is 84.7 Å². The number of piperidine rings is 1. The molecule has 0 amide bonds. The summed E-state index contributed by atoms with van der Waals surface area (Å²) in [5.74, 6) is 4.15. The van der Waals surface area contributed by atoms with Gasteiger partial charge >= 0.3 is 0 Å². The van der Waals surface area contributed by atoms with Crippen LogP contribution < -0.4 is 10.2 Å². The van der Waals surface area contributed by atoms with Crippen LogP contribution >= 0.6 is 11.6 Å². The highest BCUT2D eigenvalue weighted by atomic mass is 35.5. The van der Waals surface area contributed by atoms with Crippen LogP contribution in [-0.4, -0.2) is 49.4 Å².